The Labute approximate surface area is 190 Å². The topological polar surface area (TPSA) is 61.8 Å². The highest BCUT2D eigenvalue weighted by Crippen LogP contribution is 2.27. The lowest BCUT2D eigenvalue weighted by Gasteiger charge is -2.10. The maximum Gasteiger partial charge on any atom is 0.343 e. The van der Waals surface area contributed by atoms with Crippen molar-refractivity contribution in [2.24, 2.45) is 0 Å². The van der Waals surface area contributed by atoms with Crippen LogP contribution in [0.3, 0.4) is 0 Å². The highest BCUT2D eigenvalue weighted by atomic mass is 79.9. The molecule has 0 aliphatic carbocycles. The number of carbonyl (C=O) groups is 2. The van der Waals surface area contributed by atoms with E-state index in [2.05, 4.69) is 28.1 Å². The van der Waals surface area contributed by atoms with Crippen LogP contribution in [0, 0.1) is 0 Å². The zero-order valence-corrected chi connectivity index (χ0v) is 18.8. The second kappa shape index (κ2) is 11.3. The number of halogens is 1. The van der Waals surface area contributed by atoms with Gasteiger partial charge in [0.1, 0.15) is 11.5 Å². The largest absolute Gasteiger partial charge is 0.492 e. The van der Waals surface area contributed by atoms with Crippen molar-refractivity contribution < 1.29 is 23.8 Å². The lowest BCUT2D eigenvalue weighted by atomic mass is 10.2. The first kappa shape index (κ1) is 22.6. The van der Waals surface area contributed by atoms with Crippen LogP contribution in [-0.2, 0) is 11.2 Å². The highest BCUT2D eigenvalue weighted by Gasteiger charge is 2.14. The van der Waals surface area contributed by atoms with E-state index in [1.807, 2.05) is 25.1 Å². The van der Waals surface area contributed by atoms with Crippen LogP contribution in [0.25, 0.3) is 0 Å². The molecule has 0 aromatic heterocycles. The van der Waals surface area contributed by atoms with E-state index < -0.39 is 11.9 Å². The smallest absolute Gasteiger partial charge is 0.343 e. The molecule has 5 nitrogen and oxygen atoms in total. The molecular formula is C25H23BrO5. The molecule has 0 heterocycles. The Morgan fingerprint density at radius 1 is 0.839 bits per heavy atom. The van der Waals surface area contributed by atoms with Crippen molar-refractivity contribution in [2.75, 3.05) is 13.2 Å². The molecule has 0 saturated heterocycles. The molecule has 0 bridgehead atoms. The molecule has 160 valence electrons. The fourth-order valence-corrected chi connectivity index (χ4v) is 3.29. The highest BCUT2D eigenvalue weighted by molar-refractivity contribution is 9.10. The molecule has 3 rings (SSSR count). The van der Waals surface area contributed by atoms with Crippen LogP contribution in [0.15, 0.2) is 77.3 Å². The number of ether oxygens (including phenoxy) is 3. The molecule has 0 unspecified atom stereocenters. The van der Waals surface area contributed by atoms with Gasteiger partial charge in [0, 0.05) is 6.42 Å². The zero-order chi connectivity index (χ0) is 22.1. The average Bonchev–Trinajstić information content (AvgIpc) is 2.79. The standard InChI is InChI=1S/C25H23BrO5/c1-2-14-30-24(27)19-9-6-10-21(16-19)31-25(28)20-11-12-23(22(26)17-20)29-15-13-18-7-4-3-5-8-18/h3-12,16-17H,2,13-15H2,1H3. The Morgan fingerprint density at radius 2 is 1.61 bits per heavy atom. The Kier molecular flexibility index (Phi) is 8.24. The molecule has 0 saturated carbocycles. The van der Waals surface area contributed by atoms with E-state index in [9.17, 15) is 9.59 Å². The van der Waals surface area contributed by atoms with E-state index in [-0.39, 0.29) is 5.75 Å². The molecule has 3 aromatic rings. The summed E-state index contributed by atoms with van der Waals surface area (Å²) in [4.78, 5) is 24.5. The van der Waals surface area contributed by atoms with Gasteiger partial charge in [0.05, 0.1) is 28.8 Å². The minimum atomic E-state index is -0.532. The van der Waals surface area contributed by atoms with Gasteiger partial charge in [0.25, 0.3) is 0 Å². The summed E-state index contributed by atoms with van der Waals surface area (Å²) in [6.45, 7) is 2.78. The molecule has 0 atom stereocenters. The first-order valence-electron chi connectivity index (χ1n) is 10.0. The summed E-state index contributed by atoms with van der Waals surface area (Å²) in [5.74, 6) is -0.0569. The van der Waals surface area contributed by atoms with Crippen LogP contribution in [0.4, 0.5) is 0 Å². The van der Waals surface area contributed by atoms with E-state index in [1.54, 1.807) is 36.4 Å². The third-order valence-corrected chi connectivity index (χ3v) is 5.00. The molecule has 0 amide bonds. The first-order valence-corrected chi connectivity index (χ1v) is 10.8. The Balaban J connectivity index is 1.59. The summed E-state index contributed by atoms with van der Waals surface area (Å²) in [6, 6.07) is 21.5. The van der Waals surface area contributed by atoms with Gasteiger partial charge in [-0.25, -0.2) is 9.59 Å². The van der Waals surface area contributed by atoms with Gasteiger partial charge in [0.2, 0.25) is 0 Å². The maximum atomic E-state index is 12.5. The van der Waals surface area contributed by atoms with E-state index in [1.165, 1.54) is 11.6 Å². The third kappa shape index (κ3) is 6.69. The summed E-state index contributed by atoms with van der Waals surface area (Å²) < 4.78 is 17.0. The summed E-state index contributed by atoms with van der Waals surface area (Å²) in [5, 5.41) is 0. The molecule has 31 heavy (non-hydrogen) atoms. The van der Waals surface area contributed by atoms with Crippen molar-refractivity contribution >= 4 is 27.9 Å². The summed E-state index contributed by atoms with van der Waals surface area (Å²) in [5.41, 5.74) is 1.89. The van der Waals surface area contributed by atoms with E-state index >= 15 is 0 Å². The monoisotopic (exact) mass is 482 g/mol. The van der Waals surface area contributed by atoms with E-state index in [4.69, 9.17) is 14.2 Å². The van der Waals surface area contributed by atoms with Gasteiger partial charge in [-0.1, -0.05) is 43.3 Å². The third-order valence-electron chi connectivity index (χ3n) is 4.38. The van der Waals surface area contributed by atoms with E-state index in [0.717, 1.165) is 12.8 Å². The minimum Gasteiger partial charge on any atom is -0.492 e. The molecule has 6 heteroatoms. The van der Waals surface area contributed by atoms with Crippen molar-refractivity contribution in [1.82, 2.24) is 0 Å². The number of hydrogen-bond acceptors (Lipinski definition) is 5. The fraction of sp³-hybridized carbons (Fsp3) is 0.200. The van der Waals surface area contributed by atoms with Gasteiger partial charge < -0.3 is 14.2 Å². The van der Waals surface area contributed by atoms with Crippen LogP contribution in [0.2, 0.25) is 0 Å². The van der Waals surface area contributed by atoms with E-state index in [0.29, 0.717) is 34.6 Å². The second-order valence-corrected chi connectivity index (χ2v) is 7.64. The number of benzene rings is 3. The number of esters is 2. The zero-order valence-electron chi connectivity index (χ0n) is 17.2. The summed E-state index contributed by atoms with van der Waals surface area (Å²) >= 11 is 3.45. The van der Waals surface area contributed by atoms with Crippen LogP contribution >= 0.6 is 15.9 Å². The van der Waals surface area contributed by atoms with Gasteiger partial charge in [-0.3, -0.25) is 0 Å². The number of rotatable bonds is 9. The van der Waals surface area contributed by atoms with Gasteiger partial charge in [-0.2, -0.15) is 0 Å². The predicted molar refractivity (Wildman–Crippen MR) is 122 cm³/mol. The van der Waals surface area contributed by atoms with Crippen molar-refractivity contribution in [3.8, 4) is 11.5 Å². The molecule has 0 aliphatic rings. The van der Waals surface area contributed by atoms with Crippen molar-refractivity contribution in [3.63, 3.8) is 0 Å². The molecule has 0 spiro atoms. The molecule has 0 aliphatic heterocycles. The summed E-state index contributed by atoms with van der Waals surface area (Å²) in [7, 11) is 0. The lowest BCUT2D eigenvalue weighted by molar-refractivity contribution is 0.0503. The lowest BCUT2D eigenvalue weighted by Crippen LogP contribution is -2.10. The van der Waals surface area contributed by atoms with Gasteiger partial charge in [0.15, 0.2) is 0 Å². The van der Waals surface area contributed by atoms with Crippen LogP contribution in [0.5, 0.6) is 11.5 Å². The first-order chi connectivity index (χ1) is 15.1. The van der Waals surface area contributed by atoms with Crippen LogP contribution < -0.4 is 9.47 Å². The van der Waals surface area contributed by atoms with Gasteiger partial charge >= 0.3 is 11.9 Å². The normalized spacial score (nSPS) is 10.4. The minimum absolute atomic E-state index is 0.273. The van der Waals surface area contributed by atoms with Crippen LogP contribution in [0.1, 0.15) is 39.6 Å². The van der Waals surface area contributed by atoms with Crippen molar-refractivity contribution in [3.05, 3.63) is 94.0 Å². The fourth-order valence-electron chi connectivity index (χ4n) is 2.80. The Hall–Kier alpha value is -3.12. The van der Waals surface area contributed by atoms with Gasteiger partial charge in [-0.05, 0) is 64.3 Å². The van der Waals surface area contributed by atoms with Crippen LogP contribution in [-0.4, -0.2) is 25.2 Å². The molecule has 0 fully saturated rings. The number of hydrogen-bond donors (Lipinski definition) is 0. The van der Waals surface area contributed by atoms with Gasteiger partial charge in [-0.15, -0.1) is 0 Å². The quantitative estimate of drug-likeness (QED) is 0.282. The van der Waals surface area contributed by atoms with Crippen molar-refractivity contribution in [1.29, 1.82) is 0 Å². The maximum absolute atomic E-state index is 12.5. The SMILES string of the molecule is CCCOC(=O)c1cccc(OC(=O)c2ccc(OCCc3ccccc3)c(Br)c2)c1. The number of carbonyl (C=O) groups excluding carboxylic acids is 2. The average molecular weight is 483 g/mol. The molecule has 0 N–H and O–H groups in total. The molecule has 3 aromatic carbocycles. The predicted octanol–water partition coefficient (Wildman–Crippen LogP) is 5.86. The Bertz CT molecular complexity index is 1030. The second-order valence-electron chi connectivity index (χ2n) is 6.78. The Morgan fingerprint density at radius 3 is 2.35 bits per heavy atom. The summed E-state index contributed by atoms with van der Waals surface area (Å²) in [6.07, 6.45) is 1.52. The molecule has 0 radical (unpaired) electrons. The molecular weight excluding hydrogens is 460 g/mol. The van der Waals surface area contributed by atoms with Crippen molar-refractivity contribution in [2.45, 2.75) is 19.8 Å².